The van der Waals surface area contributed by atoms with Crippen LogP contribution in [0.3, 0.4) is 0 Å². The van der Waals surface area contributed by atoms with Gasteiger partial charge in [-0.1, -0.05) is 47.8 Å². The summed E-state index contributed by atoms with van der Waals surface area (Å²) >= 11 is 0. The second-order valence-corrected chi connectivity index (χ2v) is 7.06. The maximum Gasteiger partial charge on any atom is 0.0331 e. The van der Waals surface area contributed by atoms with E-state index in [1.165, 1.54) is 24.1 Å². The van der Waals surface area contributed by atoms with Crippen molar-refractivity contribution in [3.8, 4) is 0 Å². The molecule has 1 atom stereocenters. The first-order valence-electron chi connectivity index (χ1n) is 7.77. The molecule has 0 aromatic heterocycles. The van der Waals surface area contributed by atoms with Crippen molar-refractivity contribution in [3.63, 3.8) is 0 Å². The van der Waals surface area contributed by atoms with Gasteiger partial charge in [0.2, 0.25) is 0 Å². The summed E-state index contributed by atoms with van der Waals surface area (Å²) in [6, 6.07) is 0. The summed E-state index contributed by atoms with van der Waals surface area (Å²) in [7, 11) is 0. The number of rotatable bonds is 9. The lowest BCUT2D eigenvalue weighted by Crippen LogP contribution is -2.37. The van der Waals surface area contributed by atoms with Crippen LogP contribution in [0.15, 0.2) is 35.8 Å². The molecule has 0 aromatic rings. The zero-order chi connectivity index (χ0) is 16.2. The minimum absolute atomic E-state index is 0.0748. The molecule has 0 aliphatic heterocycles. The highest BCUT2D eigenvalue weighted by Gasteiger charge is 2.26. The van der Waals surface area contributed by atoms with Gasteiger partial charge >= 0.3 is 0 Å². The largest absolute Gasteiger partial charge is 0.328 e. The van der Waals surface area contributed by atoms with Crippen molar-refractivity contribution < 1.29 is 0 Å². The Hall–Kier alpha value is -1.42. The summed E-state index contributed by atoms with van der Waals surface area (Å²) in [4.78, 5) is 0. The van der Waals surface area contributed by atoms with Gasteiger partial charge in [-0.25, -0.2) is 0 Å². The van der Waals surface area contributed by atoms with Gasteiger partial charge in [0.05, 0.1) is 0 Å². The highest BCUT2D eigenvalue weighted by atomic mass is 15.4. The fourth-order valence-electron chi connectivity index (χ4n) is 2.45. The number of hydrazine groups is 2. The third-order valence-corrected chi connectivity index (χ3v) is 4.22. The zero-order valence-corrected chi connectivity index (χ0v) is 14.3. The molecule has 0 heterocycles. The average molecular weight is 292 g/mol. The summed E-state index contributed by atoms with van der Waals surface area (Å²) in [6.07, 6.45) is 3.37. The second-order valence-electron chi connectivity index (χ2n) is 7.06. The fourth-order valence-corrected chi connectivity index (χ4v) is 2.45. The fraction of sp³-hybridized carbons (Fsp3) is 0.647. The average Bonchev–Trinajstić information content (AvgIpc) is 3.21. The lowest BCUT2D eigenvalue weighted by atomic mass is 9.80. The number of nitrogens with two attached hydrogens (primary N) is 1. The van der Waals surface area contributed by atoms with Crippen molar-refractivity contribution in [2.45, 2.75) is 53.9 Å². The quantitative estimate of drug-likeness (QED) is 0.389. The Morgan fingerprint density at radius 3 is 2.19 bits per heavy atom. The van der Waals surface area contributed by atoms with Crippen LogP contribution >= 0.6 is 0 Å². The molecule has 0 radical (unpaired) electrons. The molecule has 1 aliphatic carbocycles. The van der Waals surface area contributed by atoms with Crippen LogP contribution in [0.25, 0.3) is 0 Å². The van der Waals surface area contributed by atoms with Gasteiger partial charge in [-0.2, -0.15) is 0 Å². The maximum atomic E-state index is 5.48. The van der Waals surface area contributed by atoms with Crippen LogP contribution in [-0.2, 0) is 0 Å². The van der Waals surface area contributed by atoms with Gasteiger partial charge in [-0.3, -0.25) is 5.84 Å². The van der Waals surface area contributed by atoms with Crippen LogP contribution in [0.2, 0.25) is 0 Å². The van der Waals surface area contributed by atoms with Crippen LogP contribution in [0.5, 0.6) is 0 Å². The molecule has 4 heteroatoms. The monoisotopic (exact) mass is 292 g/mol. The Balaban J connectivity index is 2.52. The molecule has 0 aromatic carbocycles. The van der Waals surface area contributed by atoms with E-state index in [0.29, 0.717) is 11.8 Å². The minimum Gasteiger partial charge on any atom is -0.328 e. The molecule has 120 valence electrons. The van der Waals surface area contributed by atoms with Gasteiger partial charge in [0.1, 0.15) is 0 Å². The van der Waals surface area contributed by atoms with Gasteiger partial charge in [0.25, 0.3) is 0 Å². The van der Waals surface area contributed by atoms with Crippen molar-refractivity contribution in [1.82, 2.24) is 16.3 Å². The molecule has 0 bridgehead atoms. The molecule has 1 aliphatic rings. The van der Waals surface area contributed by atoms with Crippen LogP contribution < -0.4 is 22.1 Å². The highest BCUT2D eigenvalue weighted by molar-refractivity contribution is 5.25. The summed E-state index contributed by atoms with van der Waals surface area (Å²) in [5.74, 6) is 6.30. The molecule has 21 heavy (non-hydrogen) atoms. The summed E-state index contributed by atoms with van der Waals surface area (Å²) in [5.41, 5.74) is 13.9. The molecule has 1 unspecified atom stereocenters. The number of allylic oxidation sites excluding steroid dienone is 4. The van der Waals surface area contributed by atoms with Crippen LogP contribution in [0.4, 0.5) is 0 Å². The van der Waals surface area contributed by atoms with Crippen LogP contribution in [0, 0.1) is 17.3 Å². The van der Waals surface area contributed by atoms with Gasteiger partial charge in [-0.05, 0) is 36.7 Å². The van der Waals surface area contributed by atoms with E-state index >= 15 is 0 Å². The predicted molar refractivity (Wildman–Crippen MR) is 90.5 cm³/mol. The molecule has 0 saturated heterocycles. The number of nitrogens with one attached hydrogen (secondary N) is 3. The Morgan fingerprint density at radius 2 is 1.76 bits per heavy atom. The molecule has 1 fully saturated rings. The van der Waals surface area contributed by atoms with E-state index in [2.05, 4.69) is 64.1 Å². The standard InChI is InChI=1S/C17H32N4/c1-11(2)16(15-8-9-15)21-20-13(4)12(3)10-17(6,7)14(5)19-18/h11-12,19-21H,4-5,8-10,18H2,1-3,6-7H3. The smallest absolute Gasteiger partial charge is 0.0331 e. The van der Waals surface area contributed by atoms with E-state index in [0.717, 1.165) is 17.8 Å². The van der Waals surface area contributed by atoms with Gasteiger partial charge in [0.15, 0.2) is 0 Å². The van der Waals surface area contributed by atoms with Crippen molar-refractivity contribution in [1.29, 1.82) is 0 Å². The first-order chi connectivity index (χ1) is 9.69. The first kappa shape index (κ1) is 17.6. The van der Waals surface area contributed by atoms with Crippen LogP contribution in [-0.4, -0.2) is 0 Å². The van der Waals surface area contributed by atoms with Crippen molar-refractivity contribution >= 4 is 0 Å². The van der Waals surface area contributed by atoms with E-state index in [1.54, 1.807) is 0 Å². The highest BCUT2D eigenvalue weighted by Crippen LogP contribution is 2.34. The second kappa shape index (κ2) is 7.03. The molecule has 5 N–H and O–H groups in total. The minimum atomic E-state index is -0.0748. The van der Waals surface area contributed by atoms with Gasteiger partial charge in [0, 0.05) is 22.5 Å². The van der Waals surface area contributed by atoms with Crippen molar-refractivity contribution in [2.75, 3.05) is 0 Å². The molecule has 4 nitrogen and oxygen atoms in total. The number of hydrogen-bond donors (Lipinski definition) is 4. The Bertz CT molecular complexity index is 426. The molecular formula is C17H32N4. The lowest BCUT2D eigenvalue weighted by Gasteiger charge is -2.31. The SMILES string of the molecule is C=C(NNC(=C1CC1)C(C)C)C(C)CC(C)(C)C(=C)NN. The molecule has 1 saturated carbocycles. The van der Waals surface area contributed by atoms with E-state index in [-0.39, 0.29) is 5.41 Å². The van der Waals surface area contributed by atoms with Crippen LogP contribution in [0.1, 0.15) is 53.9 Å². The number of hydrogen-bond acceptors (Lipinski definition) is 4. The summed E-state index contributed by atoms with van der Waals surface area (Å²) in [6.45, 7) is 19.0. The van der Waals surface area contributed by atoms with Crippen molar-refractivity contribution in [2.24, 2.45) is 23.1 Å². The normalized spacial score (nSPS) is 15.5. The molecule has 0 spiro atoms. The topological polar surface area (TPSA) is 62.1 Å². The lowest BCUT2D eigenvalue weighted by molar-refractivity contribution is 0.326. The summed E-state index contributed by atoms with van der Waals surface area (Å²) in [5, 5.41) is 0. The van der Waals surface area contributed by atoms with Crippen molar-refractivity contribution in [3.05, 3.63) is 35.8 Å². The predicted octanol–water partition coefficient (Wildman–Crippen LogP) is 3.33. The van der Waals surface area contributed by atoms with E-state index < -0.39 is 0 Å². The third kappa shape index (κ3) is 5.12. The van der Waals surface area contributed by atoms with E-state index in [9.17, 15) is 0 Å². The third-order valence-electron chi connectivity index (χ3n) is 4.22. The Morgan fingerprint density at radius 1 is 1.19 bits per heavy atom. The molecular weight excluding hydrogens is 260 g/mol. The molecule has 1 rings (SSSR count). The van der Waals surface area contributed by atoms with E-state index in [1.807, 2.05) is 0 Å². The van der Waals surface area contributed by atoms with Gasteiger partial charge < -0.3 is 16.3 Å². The first-order valence-corrected chi connectivity index (χ1v) is 7.77. The Labute approximate surface area is 129 Å². The Kier molecular flexibility index (Phi) is 5.90. The van der Waals surface area contributed by atoms with Gasteiger partial charge in [-0.15, -0.1) is 0 Å². The maximum absolute atomic E-state index is 5.48. The molecule has 0 amide bonds. The van der Waals surface area contributed by atoms with E-state index in [4.69, 9.17) is 5.84 Å². The zero-order valence-electron chi connectivity index (χ0n) is 14.3. The summed E-state index contributed by atoms with van der Waals surface area (Å²) < 4.78 is 0.